The highest BCUT2D eigenvalue weighted by molar-refractivity contribution is 7.99. The van der Waals surface area contributed by atoms with E-state index in [1.54, 1.807) is 5.51 Å². The molecule has 23 heavy (non-hydrogen) atoms. The molecule has 0 saturated carbocycles. The number of anilines is 1. The van der Waals surface area contributed by atoms with Crippen molar-refractivity contribution in [3.8, 4) is 0 Å². The van der Waals surface area contributed by atoms with Crippen LogP contribution in [0.25, 0.3) is 0 Å². The van der Waals surface area contributed by atoms with Crippen LogP contribution in [-0.2, 0) is 0 Å². The van der Waals surface area contributed by atoms with E-state index in [0.717, 1.165) is 38.5 Å². The molecule has 0 spiro atoms. The largest absolute Gasteiger partial charge is 0.323 e. The minimum Gasteiger partial charge on any atom is -0.322 e. The summed E-state index contributed by atoms with van der Waals surface area (Å²) in [7, 11) is 0. The molecule has 2 amide bonds. The fraction of sp³-hybridized carbons (Fsp3) is 0.400. The van der Waals surface area contributed by atoms with Gasteiger partial charge in [-0.2, -0.15) is 0 Å². The molecular formula is C15H19N5OS2. The zero-order valence-corrected chi connectivity index (χ0v) is 14.4. The highest BCUT2D eigenvalue weighted by atomic mass is 32.2. The van der Waals surface area contributed by atoms with Gasteiger partial charge in [0.05, 0.1) is 0 Å². The second kappa shape index (κ2) is 8.28. The van der Waals surface area contributed by atoms with Crippen LogP contribution < -0.4 is 5.32 Å². The van der Waals surface area contributed by atoms with E-state index in [0.29, 0.717) is 5.13 Å². The first kappa shape index (κ1) is 16.2. The number of nitrogens with zero attached hydrogens (tertiary/aromatic N) is 4. The Hall–Kier alpha value is -1.64. The van der Waals surface area contributed by atoms with Gasteiger partial charge in [0.2, 0.25) is 5.13 Å². The molecule has 3 rings (SSSR count). The standard InChI is InChI=1S/C15H19N5OS2/c21-15(17-14-18-16-12-23-14)20-8-6-19(7-9-20)10-11-22-13-4-2-1-3-5-13/h1-5,12H,6-11H2,(H,17,18,21). The van der Waals surface area contributed by atoms with E-state index in [4.69, 9.17) is 0 Å². The van der Waals surface area contributed by atoms with E-state index in [9.17, 15) is 4.79 Å². The number of benzene rings is 1. The van der Waals surface area contributed by atoms with Crippen LogP contribution in [-0.4, -0.2) is 64.5 Å². The fourth-order valence-electron chi connectivity index (χ4n) is 2.38. The maximum absolute atomic E-state index is 12.1. The zero-order chi connectivity index (χ0) is 15.9. The second-order valence-corrected chi connectivity index (χ2v) is 7.17. The molecule has 0 radical (unpaired) electrons. The summed E-state index contributed by atoms with van der Waals surface area (Å²) in [4.78, 5) is 17.7. The summed E-state index contributed by atoms with van der Waals surface area (Å²) in [6, 6.07) is 10.4. The Labute approximate surface area is 143 Å². The highest BCUT2D eigenvalue weighted by Gasteiger charge is 2.21. The van der Waals surface area contributed by atoms with Gasteiger partial charge in [0.25, 0.3) is 0 Å². The summed E-state index contributed by atoms with van der Waals surface area (Å²) in [5.41, 5.74) is 1.61. The molecule has 1 saturated heterocycles. The van der Waals surface area contributed by atoms with E-state index < -0.39 is 0 Å². The summed E-state index contributed by atoms with van der Waals surface area (Å²) in [6.07, 6.45) is 0. The van der Waals surface area contributed by atoms with Crippen LogP contribution in [0.1, 0.15) is 0 Å². The number of rotatable bonds is 5. The molecule has 122 valence electrons. The quantitative estimate of drug-likeness (QED) is 0.841. The van der Waals surface area contributed by atoms with Gasteiger partial charge >= 0.3 is 6.03 Å². The SMILES string of the molecule is O=C(Nc1nncs1)N1CCN(CCSc2ccccc2)CC1. The van der Waals surface area contributed by atoms with Crippen molar-refractivity contribution in [1.82, 2.24) is 20.0 Å². The van der Waals surface area contributed by atoms with Gasteiger partial charge in [-0.05, 0) is 12.1 Å². The summed E-state index contributed by atoms with van der Waals surface area (Å²) >= 11 is 3.21. The van der Waals surface area contributed by atoms with Crippen molar-refractivity contribution in [3.63, 3.8) is 0 Å². The predicted molar refractivity (Wildman–Crippen MR) is 94.1 cm³/mol. The Morgan fingerprint density at radius 1 is 1.22 bits per heavy atom. The minimum absolute atomic E-state index is 0.0833. The molecule has 1 aliphatic heterocycles. The number of carbonyl (C=O) groups excluding carboxylic acids is 1. The number of thioether (sulfide) groups is 1. The van der Waals surface area contributed by atoms with Crippen molar-refractivity contribution in [2.24, 2.45) is 0 Å². The Morgan fingerprint density at radius 2 is 2.00 bits per heavy atom. The molecule has 1 aliphatic rings. The lowest BCUT2D eigenvalue weighted by Gasteiger charge is -2.34. The van der Waals surface area contributed by atoms with Crippen molar-refractivity contribution in [2.45, 2.75) is 4.90 Å². The minimum atomic E-state index is -0.0833. The van der Waals surface area contributed by atoms with Crippen molar-refractivity contribution in [1.29, 1.82) is 0 Å². The Kier molecular flexibility index (Phi) is 5.84. The average molecular weight is 349 g/mol. The first-order chi connectivity index (χ1) is 11.3. The molecule has 8 heteroatoms. The number of hydrogen-bond acceptors (Lipinski definition) is 6. The third kappa shape index (κ3) is 4.92. The lowest BCUT2D eigenvalue weighted by molar-refractivity contribution is 0.152. The third-order valence-electron chi connectivity index (χ3n) is 3.65. The van der Waals surface area contributed by atoms with Crippen LogP contribution in [0.4, 0.5) is 9.93 Å². The van der Waals surface area contributed by atoms with Crippen molar-refractivity contribution >= 4 is 34.3 Å². The van der Waals surface area contributed by atoms with Gasteiger partial charge < -0.3 is 4.90 Å². The molecule has 0 unspecified atom stereocenters. The average Bonchev–Trinajstić information content (AvgIpc) is 3.09. The monoisotopic (exact) mass is 349 g/mol. The van der Waals surface area contributed by atoms with Gasteiger partial charge in [0.1, 0.15) is 5.51 Å². The molecular weight excluding hydrogens is 330 g/mol. The molecule has 0 bridgehead atoms. The number of amides is 2. The topological polar surface area (TPSA) is 61.4 Å². The normalized spacial score (nSPS) is 15.6. The van der Waals surface area contributed by atoms with Crippen LogP contribution in [0.5, 0.6) is 0 Å². The van der Waals surface area contributed by atoms with Crippen LogP contribution in [0, 0.1) is 0 Å². The van der Waals surface area contributed by atoms with Crippen molar-refractivity contribution in [2.75, 3.05) is 43.8 Å². The van der Waals surface area contributed by atoms with Crippen LogP contribution in [0.3, 0.4) is 0 Å². The summed E-state index contributed by atoms with van der Waals surface area (Å²) in [6.45, 7) is 4.38. The first-order valence-corrected chi connectivity index (χ1v) is 9.40. The number of carbonyl (C=O) groups is 1. The van der Waals surface area contributed by atoms with E-state index in [-0.39, 0.29) is 6.03 Å². The zero-order valence-electron chi connectivity index (χ0n) is 12.7. The molecule has 0 aliphatic carbocycles. The van der Waals surface area contributed by atoms with Crippen molar-refractivity contribution in [3.05, 3.63) is 35.8 Å². The van der Waals surface area contributed by atoms with Gasteiger partial charge in [0.15, 0.2) is 0 Å². The van der Waals surface area contributed by atoms with Crippen molar-refractivity contribution < 1.29 is 4.79 Å². The smallest absolute Gasteiger partial charge is 0.322 e. The highest BCUT2D eigenvalue weighted by Crippen LogP contribution is 2.17. The van der Waals surface area contributed by atoms with Gasteiger partial charge in [0, 0.05) is 43.4 Å². The van der Waals surface area contributed by atoms with Gasteiger partial charge in [-0.3, -0.25) is 10.2 Å². The molecule has 1 aromatic carbocycles. The van der Waals surface area contributed by atoms with E-state index >= 15 is 0 Å². The van der Waals surface area contributed by atoms with E-state index in [1.807, 2.05) is 22.7 Å². The maximum atomic E-state index is 12.1. The third-order valence-corrected chi connectivity index (χ3v) is 5.25. The van der Waals surface area contributed by atoms with E-state index in [1.165, 1.54) is 16.2 Å². The lowest BCUT2D eigenvalue weighted by atomic mass is 10.3. The molecule has 1 N–H and O–H groups in total. The van der Waals surface area contributed by atoms with E-state index in [2.05, 4.69) is 44.7 Å². The molecule has 2 aromatic rings. The number of hydrogen-bond donors (Lipinski definition) is 1. The number of urea groups is 1. The van der Waals surface area contributed by atoms with Crippen LogP contribution in [0.2, 0.25) is 0 Å². The molecule has 2 heterocycles. The van der Waals surface area contributed by atoms with Crippen LogP contribution >= 0.6 is 23.1 Å². The second-order valence-electron chi connectivity index (χ2n) is 5.16. The fourth-order valence-corrected chi connectivity index (χ4v) is 3.75. The number of nitrogens with one attached hydrogen (secondary N) is 1. The van der Waals surface area contributed by atoms with Gasteiger partial charge in [-0.25, -0.2) is 4.79 Å². The molecule has 6 nitrogen and oxygen atoms in total. The number of piperazine rings is 1. The Morgan fingerprint density at radius 3 is 2.70 bits per heavy atom. The Bertz CT molecular complexity index is 600. The summed E-state index contributed by atoms with van der Waals surface area (Å²) in [5, 5.41) is 10.9. The predicted octanol–water partition coefficient (Wildman–Crippen LogP) is 2.48. The van der Waals surface area contributed by atoms with Gasteiger partial charge in [-0.15, -0.1) is 22.0 Å². The molecule has 0 atom stereocenters. The Balaban J connectivity index is 1.36. The molecule has 1 aromatic heterocycles. The lowest BCUT2D eigenvalue weighted by Crippen LogP contribution is -2.50. The molecule has 1 fully saturated rings. The first-order valence-electron chi connectivity index (χ1n) is 7.53. The summed E-state index contributed by atoms with van der Waals surface area (Å²) < 4.78 is 0. The number of aromatic nitrogens is 2. The van der Waals surface area contributed by atoms with Crippen LogP contribution in [0.15, 0.2) is 40.7 Å². The van der Waals surface area contributed by atoms with Gasteiger partial charge in [-0.1, -0.05) is 29.5 Å². The maximum Gasteiger partial charge on any atom is 0.323 e. The summed E-state index contributed by atoms with van der Waals surface area (Å²) in [5.74, 6) is 1.07.